The van der Waals surface area contributed by atoms with Crippen LogP contribution < -0.4 is 0 Å². The summed E-state index contributed by atoms with van der Waals surface area (Å²) in [6.45, 7) is 9.07. The molecular weight excluding hydrogens is 428 g/mol. The smallest absolute Gasteiger partial charge is 0.200 e. The number of ether oxygens (including phenoxy) is 1. The molecule has 0 aromatic heterocycles. The van der Waals surface area contributed by atoms with Crippen LogP contribution in [0.25, 0.3) is 0 Å². The van der Waals surface area contributed by atoms with Gasteiger partial charge in [0.15, 0.2) is 17.5 Å². The molecule has 0 atom stereocenters. The Morgan fingerprint density at radius 3 is 1.82 bits per heavy atom. The van der Waals surface area contributed by atoms with Crippen LogP contribution in [0.1, 0.15) is 81.3 Å². The maximum absolute atomic E-state index is 15.0. The number of halogens is 4. The zero-order chi connectivity index (χ0) is 24.1. The molecule has 0 heterocycles. The molecule has 0 saturated heterocycles. The van der Waals surface area contributed by atoms with E-state index in [1.807, 2.05) is 6.08 Å². The molecule has 5 heteroatoms. The highest BCUT2D eigenvalue weighted by Gasteiger charge is 2.28. The molecule has 0 aliphatic heterocycles. The summed E-state index contributed by atoms with van der Waals surface area (Å²) in [7, 11) is 1.21. The molecule has 180 valence electrons. The van der Waals surface area contributed by atoms with E-state index in [0.717, 1.165) is 38.5 Å². The van der Waals surface area contributed by atoms with Gasteiger partial charge in [0.05, 0.1) is 7.11 Å². The van der Waals surface area contributed by atoms with Crippen molar-refractivity contribution in [3.63, 3.8) is 0 Å². The van der Waals surface area contributed by atoms with Gasteiger partial charge in [0, 0.05) is 5.57 Å². The average molecular weight is 463 g/mol. The third-order valence-electron chi connectivity index (χ3n) is 7.34. The number of methoxy groups -OCH3 is 1. The first-order valence-electron chi connectivity index (χ1n) is 11.9. The quantitative estimate of drug-likeness (QED) is 0.223. The van der Waals surface area contributed by atoms with Crippen LogP contribution in [0.4, 0.5) is 17.6 Å². The number of benzene rings is 1. The topological polar surface area (TPSA) is 9.23 Å². The minimum Gasteiger partial charge on any atom is -0.494 e. The number of rotatable bonds is 7. The molecule has 33 heavy (non-hydrogen) atoms. The van der Waals surface area contributed by atoms with Gasteiger partial charge in [-0.2, -0.15) is 4.39 Å². The van der Waals surface area contributed by atoms with E-state index in [4.69, 9.17) is 0 Å². The van der Waals surface area contributed by atoms with E-state index in [0.29, 0.717) is 29.9 Å². The molecular formula is C28H34F4O. The minimum atomic E-state index is -1.17. The summed E-state index contributed by atoms with van der Waals surface area (Å²) in [6, 6.07) is 3.57. The molecule has 0 bridgehead atoms. The molecule has 0 spiro atoms. The zero-order valence-electron chi connectivity index (χ0n) is 19.6. The van der Waals surface area contributed by atoms with Crippen molar-refractivity contribution in [3.8, 4) is 0 Å². The van der Waals surface area contributed by atoms with E-state index in [1.165, 1.54) is 13.2 Å². The summed E-state index contributed by atoms with van der Waals surface area (Å²) in [6.07, 6.45) is 10.2. The fraction of sp³-hybridized carbons (Fsp3) is 0.500. The first-order chi connectivity index (χ1) is 15.7. The largest absolute Gasteiger partial charge is 0.494 e. The van der Waals surface area contributed by atoms with E-state index < -0.39 is 23.3 Å². The third kappa shape index (κ3) is 5.99. The molecule has 0 radical (unpaired) electrons. The second-order valence-electron chi connectivity index (χ2n) is 9.58. The van der Waals surface area contributed by atoms with Crippen LogP contribution in [-0.2, 0) is 4.74 Å². The molecule has 2 aliphatic carbocycles. The van der Waals surface area contributed by atoms with Gasteiger partial charge in [-0.25, -0.2) is 13.2 Å². The molecule has 3 rings (SSSR count). The Kier molecular flexibility index (Phi) is 8.61. The molecule has 0 amide bonds. The maximum Gasteiger partial charge on any atom is 0.200 e. The van der Waals surface area contributed by atoms with Crippen molar-refractivity contribution < 1.29 is 22.3 Å². The fourth-order valence-electron chi connectivity index (χ4n) is 5.08. The van der Waals surface area contributed by atoms with Gasteiger partial charge in [0.2, 0.25) is 5.83 Å². The lowest BCUT2D eigenvalue weighted by molar-refractivity contribution is 0.281. The Balaban J connectivity index is 1.61. The highest BCUT2D eigenvalue weighted by atomic mass is 19.2. The molecule has 2 fully saturated rings. The van der Waals surface area contributed by atoms with Gasteiger partial charge in [0.1, 0.15) is 5.76 Å². The van der Waals surface area contributed by atoms with Crippen LogP contribution in [-0.4, -0.2) is 7.11 Å². The molecule has 2 aliphatic rings. The summed E-state index contributed by atoms with van der Waals surface area (Å²) in [5.41, 5.74) is 0.895. The lowest BCUT2D eigenvalue weighted by atomic mass is 9.76. The number of hydrogen-bond donors (Lipinski definition) is 0. The van der Waals surface area contributed by atoms with Crippen LogP contribution in [0, 0.1) is 23.5 Å². The second-order valence-corrected chi connectivity index (χ2v) is 9.58. The van der Waals surface area contributed by atoms with E-state index in [-0.39, 0.29) is 29.1 Å². The molecule has 1 aromatic rings. The van der Waals surface area contributed by atoms with Crippen molar-refractivity contribution in [2.45, 2.75) is 70.1 Å². The van der Waals surface area contributed by atoms with Crippen LogP contribution in [0.3, 0.4) is 0 Å². The van der Waals surface area contributed by atoms with Gasteiger partial charge in [-0.05, 0) is 73.3 Å². The SMILES string of the molecule is C=C(/C=C/C1CCC(c2ccc(C3CCC(C)CC3)c(F)c2F)CC1)/C(F)=C(/F)C(=C)OC. The first kappa shape index (κ1) is 25.3. The van der Waals surface area contributed by atoms with Crippen LogP contribution in [0.15, 0.2) is 60.4 Å². The van der Waals surface area contributed by atoms with Gasteiger partial charge in [0.25, 0.3) is 0 Å². The van der Waals surface area contributed by atoms with Gasteiger partial charge in [-0.1, -0.05) is 57.2 Å². The Bertz CT molecular complexity index is 929. The predicted octanol–water partition coefficient (Wildman–Crippen LogP) is 8.96. The van der Waals surface area contributed by atoms with Crippen molar-refractivity contribution in [2.75, 3.05) is 7.11 Å². The van der Waals surface area contributed by atoms with Crippen molar-refractivity contribution >= 4 is 0 Å². The van der Waals surface area contributed by atoms with Gasteiger partial charge >= 0.3 is 0 Å². The Morgan fingerprint density at radius 1 is 0.848 bits per heavy atom. The van der Waals surface area contributed by atoms with E-state index in [2.05, 4.69) is 24.8 Å². The zero-order valence-corrected chi connectivity index (χ0v) is 19.6. The van der Waals surface area contributed by atoms with Gasteiger partial charge in [-0.15, -0.1) is 0 Å². The Morgan fingerprint density at radius 2 is 1.33 bits per heavy atom. The van der Waals surface area contributed by atoms with Crippen molar-refractivity contribution in [1.29, 1.82) is 0 Å². The van der Waals surface area contributed by atoms with Crippen molar-refractivity contribution in [1.82, 2.24) is 0 Å². The Labute approximate surface area is 194 Å². The number of hydrogen-bond acceptors (Lipinski definition) is 1. The lowest BCUT2D eigenvalue weighted by Crippen LogP contribution is -2.16. The highest BCUT2D eigenvalue weighted by molar-refractivity contribution is 5.39. The maximum atomic E-state index is 15.0. The molecule has 1 nitrogen and oxygen atoms in total. The fourth-order valence-corrected chi connectivity index (χ4v) is 5.08. The highest BCUT2D eigenvalue weighted by Crippen LogP contribution is 2.41. The van der Waals surface area contributed by atoms with E-state index in [1.54, 1.807) is 12.1 Å². The first-order valence-corrected chi connectivity index (χ1v) is 11.9. The average Bonchev–Trinajstić information content (AvgIpc) is 2.83. The van der Waals surface area contributed by atoms with Crippen LogP contribution >= 0.6 is 0 Å². The standard InChI is InChI=1S/C28H34F4O/c1-17-5-11-21(12-6-17)23-15-16-24(28(32)27(23)31)22-13-9-20(10-14-22)8-7-18(2)25(29)26(30)19(3)33-4/h7-8,15-17,20-22H,2-3,5-6,9-14H2,1,4H3/b8-7+,26-25-. The summed E-state index contributed by atoms with van der Waals surface area (Å²) in [4.78, 5) is 0. The molecule has 0 unspecified atom stereocenters. The van der Waals surface area contributed by atoms with E-state index >= 15 is 0 Å². The monoisotopic (exact) mass is 462 g/mol. The van der Waals surface area contributed by atoms with Crippen molar-refractivity contribution in [2.24, 2.45) is 11.8 Å². The van der Waals surface area contributed by atoms with E-state index in [9.17, 15) is 17.6 Å². The normalized spacial score (nSPS) is 26.7. The van der Waals surface area contributed by atoms with Crippen LogP contribution in [0.5, 0.6) is 0 Å². The second kappa shape index (κ2) is 11.2. The lowest BCUT2D eigenvalue weighted by Gasteiger charge is -2.29. The summed E-state index contributed by atoms with van der Waals surface area (Å²) >= 11 is 0. The van der Waals surface area contributed by atoms with Gasteiger partial charge < -0.3 is 4.74 Å². The minimum absolute atomic E-state index is 0.0353. The summed E-state index contributed by atoms with van der Waals surface area (Å²) in [5, 5.41) is 0. The molecule has 0 N–H and O–H groups in total. The van der Waals surface area contributed by atoms with Crippen LogP contribution in [0.2, 0.25) is 0 Å². The van der Waals surface area contributed by atoms with Gasteiger partial charge in [-0.3, -0.25) is 0 Å². The summed E-state index contributed by atoms with van der Waals surface area (Å²) in [5.74, 6) is -3.14. The molecule has 2 saturated carbocycles. The van der Waals surface area contributed by atoms with Crippen molar-refractivity contribution in [3.05, 3.63) is 83.2 Å². The summed E-state index contributed by atoms with van der Waals surface area (Å²) < 4.78 is 62.4. The predicted molar refractivity (Wildman–Crippen MR) is 125 cm³/mol. The third-order valence-corrected chi connectivity index (χ3v) is 7.34. The molecule has 1 aromatic carbocycles. The number of allylic oxidation sites excluding steroid dienone is 5. The Hall–Kier alpha value is -2.30.